The minimum atomic E-state index is 0.279. The fourth-order valence-electron chi connectivity index (χ4n) is 2.72. The lowest BCUT2D eigenvalue weighted by atomic mass is 10.00. The van der Waals surface area contributed by atoms with E-state index in [9.17, 15) is 0 Å². The molecule has 3 rings (SSSR count). The van der Waals surface area contributed by atoms with Crippen molar-refractivity contribution in [2.24, 2.45) is 0 Å². The minimum absolute atomic E-state index is 0.279. The fraction of sp³-hybridized carbons (Fsp3) is 0.375. The minimum Gasteiger partial charge on any atom is -0.377 e. The molecule has 106 valence electrons. The van der Waals surface area contributed by atoms with Crippen LogP contribution in [0.5, 0.6) is 0 Å². The third-order valence-corrected chi connectivity index (χ3v) is 4.90. The van der Waals surface area contributed by atoms with E-state index in [4.69, 9.17) is 11.6 Å². The second-order valence-electron chi connectivity index (χ2n) is 5.23. The molecule has 2 aromatic rings. The van der Waals surface area contributed by atoms with Crippen molar-refractivity contribution in [3.8, 4) is 0 Å². The highest BCUT2D eigenvalue weighted by atomic mass is 35.5. The van der Waals surface area contributed by atoms with Crippen LogP contribution in [0.25, 0.3) is 0 Å². The van der Waals surface area contributed by atoms with Gasteiger partial charge in [-0.2, -0.15) is 11.3 Å². The van der Waals surface area contributed by atoms with Crippen LogP contribution in [-0.4, -0.2) is 13.1 Å². The van der Waals surface area contributed by atoms with E-state index in [1.807, 2.05) is 6.07 Å². The monoisotopic (exact) mass is 306 g/mol. The lowest BCUT2D eigenvalue weighted by Crippen LogP contribution is -2.16. The van der Waals surface area contributed by atoms with Crippen LogP contribution in [0.15, 0.2) is 29.0 Å². The SMILES string of the molecule is CC(Nc1c(Cl)ccc2c1CCNCC2)c1ccsc1. The summed E-state index contributed by atoms with van der Waals surface area (Å²) >= 11 is 8.17. The second-order valence-corrected chi connectivity index (χ2v) is 6.42. The van der Waals surface area contributed by atoms with Crippen molar-refractivity contribution in [1.82, 2.24) is 5.32 Å². The molecule has 0 bridgehead atoms. The summed E-state index contributed by atoms with van der Waals surface area (Å²) in [6, 6.07) is 6.64. The van der Waals surface area contributed by atoms with Gasteiger partial charge in [0.05, 0.1) is 10.7 Å². The van der Waals surface area contributed by atoms with Crippen molar-refractivity contribution >= 4 is 28.6 Å². The summed E-state index contributed by atoms with van der Waals surface area (Å²) in [5, 5.41) is 12.2. The van der Waals surface area contributed by atoms with Crippen LogP contribution in [0.3, 0.4) is 0 Å². The average molecular weight is 307 g/mol. The third-order valence-electron chi connectivity index (χ3n) is 3.89. The van der Waals surface area contributed by atoms with Crippen LogP contribution in [0, 0.1) is 0 Å². The first kappa shape index (κ1) is 13.9. The molecule has 0 amide bonds. The molecular formula is C16H19ClN2S. The van der Waals surface area contributed by atoms with Gasteiger partial charge in [-0.15, -0.1) is 0 Å². The molecule has 1 aliphatic rings. The topological polar surface area (TPSA) is 24.1 Å². The van der Waals surface area contributed by atoms with Crippen LogP contribution in [0.1, 0.15) is 29.7 Å². The van der Waals surface area contributed by atoms with Crippen molar-refractivity contribution in [3.63, 3.8) is 0 Å². The zero-order valence-corrected chi connectivity index (χ0v) is 13.2. The lowest BCUT2D eigenvalue weighted by Gasteiger charge is -2.20. The van der Waals surface area contributed by atoms with Crippen LogP contribution < -0.4 is 10.6 Å². The predicted molar refractivity (Wildman–Crippen MR) is 88.1 cm³/mol. The molecule has 20 heavy (non-hydrogen) atoms. The largest absolute Gasteiger partial charge is 0.377 e. The quantitative estimate of drug-likeness (QED) is 0.885. The fourth-order valence-corrected chi connectivity index (χ4v) is 3.71. The molecule has 2 N–H and O–H groups in total. The van der Waals surface area contributed by atoms with Gasteiger partial charge in [0.2, 0.25) is 0 Å². The van der Waals surface area contributed by atoms with E-state index < -0.39 is 0 Å². The van der Waals surface area contributed by atoms with E-state index >= 15 is 0 Å². The van der Waals surface area contributed by atoms with Crippen LogP contribution in [0.4, 0.5) is 5.69 Å². The van der Waals surface area contributed by atoms with E-state index in [0.29, 0.717) is 0 Å². The molecule has 0 saturated carbocycles. The first-order chi connectivity index (χ1) is 9.75. The zero-order chi connectivity index (χ0) is 13.9. The van der Waals surface area contributed by atoms with Gasteiger partial charge in [-0.1, -0.05) is 17.7 Å². The van der Waals surface area contributed by atoms with Crippen molar-refractivity contribution in [3.05, 3.63) is 50.7 Å². The Balaban J connectivity index is 1.92. The van der Waals surface area contributed by atoms with Gasteiger partial charge >= 0.3 is 0 Å². The molecule has 0 saturated heterocycles. The van der Waals surface area contributed by atoms with Gasteiger partial charge in [0, 0.05) is 6.04 Å². The Labute approximate surface area is 129 Å². The van der Waals surface area contributed by atoms with Crippen LogP contribution >= 0.6 is 22.9 Å². The molecule has 0 aliphatic carbocycles. The third kappa shape index (κ3) is 2.85. The van der Waals surface area contributed by atoms with Crippen molar-refractivity contribution < 1.29 is 0 Å². The van der Waals surface area contributed by atoms with Gasteiger partial charge in [-0.3, -0.25) is 0 Å². The summed E-state index contributed by atoms with van der Waals surface area (Å²) in [6.45, 7) is 4.26. The van der Waals surface area contributed by atoms with Crippen LogP contribution in [-0.2, 0) is 12.8 Å². The van der Waals surface area contributed by atoms with Gasteiger partial charge in [-0.25, -0.2) is 0 Å². The molecule has 1 aromatic carbocycles. The maximum Gasteiger partial charge on any atom is 0.0640 e. The van der Waals surface area contributed by atoms with Gasteiger partial charge in [-0.05, 0) is 72.4 Å². The van der Waals surface area contributed by atoms with E-state index in [0.717, 1.165) is 36.6 Å². The number of rotatable bonds is 3. The molecule has 1 atom stereocenters. The normalized spacial score (nSPS) is 16.3. The van der Waals surface area contributed by atoms with E-state index in [1.165, 1.54) is 16.7 Å². The van der Waals surface area contributed by atoms with Gasteiger partial charge in [0.25, 0.3) is 0 Å². The Bertz CT molecular complexity index is 580. The number of thiophene rings is 1. The predicted octanol–water partition coefficient (Wildman–Crippen LogP) is 4.26. The maximum atomic E-state index is 6.44. The van der Waals surface area contributed by atoms with Crippen molar-refractivity contribution in [2.45, 2.75) is 25.8 Å². The standard InChI is InChI=1S/C16H19ClN2S/c1-11(13-6-9-20-10-13)19-16-14-5-8-18-7-4-12(14)2-3-15(16)17/h2-3,6,9-11,18-19H,4-5,7-8H2,1H3. The highest BCUT2D eigenvalue weighted by molar-refractivity contribution is 7.08. The second kappa shape index (κ2) is 6.17. The van der Waals surface area contributed by atoms with Gasteiger partial charge in [0.1, 0.15) is 0 Å². The molecule has 1 aromatic heterocycles. The highest BCUT2D eigenvalue weighted by Crippen LogP contribution is 2.33. The van der Waals surface area contributed by atoms with E-state index in [2.05, 4.69) is 40.5 Å². The first-order valence-electron chi connectivity index (χ1n) is 7.05. The Morgan fingerprint density at radius 3 is 2.90 bits per heavy atom. The maximum absolute atomic E-state index is 6.44. The summed E-state index contributed by atoms with van der Waals surface area (Å²) < 4.78 is 0. The van der Waals surface area contributed by atoms with Crippen molar-refractivity contribution in [1.29, 1.82) is 0 Å². The summed E-state index contributed by atoms with van der Waals surface area (Å²) in [5.74, 6) is 0. The zero-order valence-electron chi connectivity index (χ0n) is 11.6. The Morgan fingerprint density at radius 1 is 1.25 bits per heavy atom. The Hall–Kier alpha value is -1.03. The Morgan fingerprint density at radius 2 is 2.10 bits per heavy atom. The van der Waals surface area contributed by atoms with Gasteiger partial charge < -0.3 is 10.6 Å². The van der Waals surface area contributed by atoms with Crippen molar-refractivity contribution in [2.75, 3.05) is 18.4 Å². The molecule has 2 heterocycles. The average Bonchev–Trinajstić information content (AvgIpc) is 2.88. The summed E-state index contributed by atoms with van der Waals surface area (Å²) in [4.78, 5) is 0. The molecule has 1 unspecified atom stereocenters. The highest BCUT2D eigenvalue weighted by Gasteiger charge is 2.16. The molecule has 0 spiro atoms. The van der Waals surface area contributed by atoms with E-state index in [1.54, 1.807) is 11.3 Å². The number of hydrogen-bond donors (Lipinski definition) is 2. The number of fused-ring (bicyclic) bond motifs is 1. The first-order valence-corrected chi connectivity index (χ1v) is 8.37. The summed E-state index contributed by atoms with van der Waals surface area (Å²) in [6.07, 6.45) is 2.11. The number of nitrogens with one attached hydrogen (secondary N) is 2. The molecule has 0 radical (unpaired) electrons. The molecule has 2 nitrogen and oxygen atoms in total. The molecule has 4 heteroatoms. The number of anilines is 1. The summed E-state index contributed by atoms with van der Waals surface area (Å²) in [7, 11) is 0. The number of hydrogen-bond acceptors (Lipinski definition) is 3. The number of benzene rings is 1. The van der Waals surface area contributed by atoms with Crippen LogP contribution in [0.2, 0.25) is 5.02 Å². The molecule has 1 aliphatic heterocycles. The van der Waals surface area contributed by atoms with Gasteiger partial charge in [0.15, 0.2) is 0 Å². The smallest absolute Gasteiger partial charge is 0.0640 e. The van der Waals surface area contributed by atoms with E-state index in [-0.39, 0.29) is 6.04 Å². The Kier molecular flexibility index (Phi) is 4.29. The molecule has 0 fully saturated rings. The lowest BCUT2D eigenvalue weighted by molar-refractivity contribution is 0.711. The summed E-state index contributed by atoms with van der Waals surface area (Å²) in [5.41, 5.74) is 5.23. The molecular weight excluding hydrogens is 288 g/mol. The number of halogens is 1.